The van der Waals surface area contributed by atoms with Gasteiger partial charge in [-0.2, -0.15) is 5.10 Å². The Hall–Kier alpha value is -2.96. The van der Waals surface area contributed by atoms with E-state index < -0.39 is 11.2 Å². The number of H-pyrrole nitrogens is 1. The van der Waals surface area contributed by atoms with Gasteiger partial charge in [0.1, 0.15) is 11.4 Å². The van der Waals surface area contributed by atoms with E-state index >= 15 is 0 Å². The molecule has 0 fully saturated rings. The summed E-state index contributed by atoms with van der Waals surface area (Å²) in [6.45, 7) is 1.79. The van der Waals surface area contributed by atoms with Crippen LogP contribution in [0.1, 0.15) is 23.4 Å². The minimum Gasteiger partial charge on any atom is -0.303 e. The van der Waals surface area contributed by atoms with Gasteiger partial charge in [-0.3, -0.25) is 9.78 Å². The lowest BCUT2D eigenvalue weighted by Gasteiger charge is -2.11. The zero-order chi connectivity index (χ0) is 16.8. The lowest BCUT2D eigenvalue weighted by molar-refractivity contribution is 0.793. The minimum atomic E-state index is -0.459. The molecule has 24 heavy (non-hydrogen) atoms. The summed E-state index contributed by atoms with van der Waals surface area (Å²) in [6.07, 6.45) is 4.68. The molecule has 1 N–H and O–H groups in total. The molecule has 7 nitrogen and oxygen atoms in total. The Balaban J connectivity index is 1.98. The molecule has 1 aliphatic carbocycles. The summed E-state index contributed by atoms with van der Waals surface area (Å²) >= 11 is 0. The monoisotopic (exact) mass is 323 g/mol. The van der Waals surface area contributed by atoms with Crippen LogP contribution in [0.5, 0.6) is 0 Å². The number of fused-ring (bicyclic) bond motifs is 1. The summed E-state index contributed by atoms with van der Waals surface area (Å²) in [6, 6.07) is 6.14. The molecular weight excluding hydrogens is 306 g/mol. The summed E-state index contributed by atoms with van der Waals surface area (Å²) in [7, 11) is 1.59. The highest BCUT2D eigenvalue weighted by Crippen LogP contribution is 2.29. The number of hydrogen-bond acceptors (Lipinski definition) is 4. The van der Waals surface area contributed by atoms with Crippen LogP contribution >= 0.6 is 0 Å². The smallest absolute Gasteiger partial charge is 0.303 e. The fraction of sp³-hybridized carbons (Fsp3) is 0.294. The molecule has 122 valence electrons. The Bertz CT molecular complexity index is 1060. The van der Waals surface area contributed by atoms with Crippen LogP contribution < -0.4 is 11.2 Å². The van der Waals surface area contributed by atoms with Crippen molar-refractivity contribution in [1.82, 2.24) is 24.3 Å². The number of nitrogens with one attached hydrogen (secondary N) is 1. The Morgan fingerprint density at radius 2 is 2.04 bits per heavy atom. The fourth-order valence-corrected chi connectivity index (χ4v) is 3.28. The molecular formula is C17H17N5O2. The average Bonchev–Trinajstić information content (AvgIpc) is 3.16. The summed E-state index contributed by atoms with van der Waals surface area (Å²) < 4.78 is 3.05. The predicted octanol–water partition coefficient (Wildman–Crippen LogP) is 1.12. The summed E-state index contributed by atoms with van der Waals surface area (Å²) in [5, 5.41) is 4.49. The van der Waals surface area contributed by atoms with Crippen molar-refractivity contribution < 1.29 is 0 Å². The summed E-state index contributed by atoms with van der Waals surface area (Å²) in [5.74, 6) is 1.03. The van der Waals surface area contributed by atoms with Crippen LogP contribution in [0.3, 0.4) is 0 Å². The molecule has 7 heteroatoms. The molecule has 1 aliphatic rings. The van der Waals surface area contributed by atoms with Gasteiger partial charge in [-0.1, -0.05) is 12.1 Å². The molecule has 3 aromatic rings. The van der Waals surface area contributed by atoms with Crippen molar-refractivity contribution in [3.63, 3.8) is 0 Å². The van der Waals surface area contributed by atoms with E-state index in [1.165, 1.54) is 21.9 Å². The second-order valence-electron chi connectivity index (χ2n) is 6.08. The zero-order valence-corrected chi connectivity index (χ0v) is 13.5. The first kappa shape index (κ1) is 14.6. The van der Waals surface area contributed by atoms with E-state index in [1.807, 2.05) is 12.1 Å². The van der Waals surface area contributed by atoms with Gasteiger partial charge in [0.2, 0.25) is 0 Å². The van der Waals surface area contributed by atoms with E-state index in [2.05, 4.69) is 21.1 Å². The van der Waals surface area contributed by atoms with Gasteiger partial charge in [0.25, 0.3) is 5.56 Å². The van der Waals surface area contributed by atoms with E-state index in [1.54, 1.807) is 18.7 Å². The van der Waals surface area contributed by atoms with Gasteiger partial charge >= 0.3 is 5.69 Å². The number of aromatic nitrogens is 5. The number of nitrogens with zero attached hydrogens (tertiary/aromatic N) is 4. The third-order valence-electron chi connectivity index (χ3n) is 4.41. The summed E-state index contributed by atoms with van der Waals surface area (Å²) in [5.41, 5.74) is 2.94. The van der Waals surface area contributed by atoms with Crippen molar-refractivity contribution >= 4 is 0 Å². The standard InChI is InChI=1S/C17H17N5O2/c1-10-18-15(13-9-21(2)17(24)19-16(13)23)22(20-10)14-8-4-6-11-5-3-7-12(11)14/h4,6,8-9H,3,5,7H2,1-2H3,(H,19,23,24). The number of aromatic amines is 1. The molecule has 2 aromatic heterocycles. The number of hydrogen-bond donors (Lipinski definition) is 1. The van der Waals surface area contributed by atoms with Gasteiger partial charge in [-0.05, 0) is 43.4 Å². The van der Waals surface area contributed by atoms with Crippen molar-refractivity contribution in [3.05, 3.63) is 62.2 Å². The van der Waals surface area contributed by atoms with Crippen molar-refractivity contribution in [2.75, 3.05) is 0 Å². The lowest BCUT2D eigenvalue weighted by Crippen LogP contribution is -2.29. The molecule has 4 rings (SSSR count). The van der Waals surface area contributed by atoms with Crippen LogP contribution in [0, 0.1) is 6.92 Å². The Morgan fingerprint density at radius 1 is 1.21 bits per heavy atom. The maximum Gasteiger partial charge on any atom is 0.328 e. The van der Waals surface area contributed by atoms with Gasteiger partial charge in [-0.25, -0.2) is 14.5 Å². The average molecular weight is 323 g/mol. The quantitative estimate of drug-likeness (QED) is 0.766. The van der Waals surface area contributed by atoms with E-state index in [0.29, 0.717) is 17.2 Å². The van der Waals surface area contributed by atoms with E-state index in [4.69, 9.17) is 0 Å². The lowest BCUT2D eigenvalue weighted by atomic mass is 10.1. The maximum atomic E-state index is 12.3. The maximum absolute atomic E-state index is 12.3. The number of aryl methyl sites for hydroxylation is 3. The van der Waals surface area contributed by atoms with Gasteiger partial charge in [0, 0.05) is 13.2 Å². The minimum absolute atomic E-state index is 0.327. The Labute approximate surface area is 137 Å². The first-order chi connectivity index (χ1) is 11.5. The van der Waals surface area contributed by atoms with Crippen LogP contribution in [-0.2, 0) is 19.9 Å². The highest BCUT2D eigenvalue weighted by Gasteiger charge is 2.21. The van der Waals surface area contributed by atoms with Crippen LogP contribution in [0.15, 0.2) is 34.0 Å². The Kier molecular flexibility index (Phi) is 3.23. The van der Waals surface area contributed by atoms with Gasteiger partial charge in [0.15, 0.2) is 5.82 Å². The number of rotatable bonds is 2. The molecule has 0 atom stereocenters. The molecule has 1 aromatic carbocycles. The van der Waals surface area contributed by atoms with Crippen molar-refractivity contribution in [2.24, 2.45) is 7.05 Å². The van der Waals surface area contributed by atoms with E-state index in [-0.39, 0.29) is 0 Å². The van der Waals surface area contributed by atoms with Crippen molar-refractivity contribution in [3.8, 4) is 17.1 Å². The van der Waals surface area contributed by atoms with Gasteiger partial charge in [0.05, 0.1) is 5.69 Å². The molecule has 0 radical (unpaired) electrons. The van der Waals surface area contributed by atoms with Gasteiger partial charge < -0.3 is 4.57 Å². The molecule has 0 bridgehead atoms. The van der Waals surface area contributed by atoms with Crippen LogP contribution in [0.25, 0.3) is 17.1 Å². The van der Waals surface area contributed by atoms with Crippen LogP contribution in [0.4, 0.5) is 0 Å². The highest BCUT2D eigenvalue weighted by molar-refractivity contribution is 5.58. The normalized spacial score (nSPS) is 13.2. The SMILES string of the molecule is Cc1nc(-c2cn(C)c(=O)[nH]c2=O)n(-c2cccc3c2CCC3)n1. The largest absolute Gasteiger partial charge is 0.328 e. The van der Waals surface area contributed by atoms with E-state index in [0.717, 1.165) is 24.9 Å². The third-order valence-corrected chi connectivity index (χ3v) is 4.41. The molecule has 0 aliphatic heterocycles. The van der Waals surface area contributed by atoms with Crippen LogP contribution in [-0.4, -0.2) is 24.3 Å². The van der Waals surface area contributed by atoms with E-state index in [9.17, 15) is 9.59 Å². The molecule has 2 heterocycles. The molecule has 0 amide bonds. The first-order valence-electron chi connectivity index (χ1n) is 7.90. The predicted molar refractivity (Wildman–Crippen MR) is 89.4 cm³/mol. The highest BCUT2D eigenvalue weighted by atomic mass is 16.2. The van der Waals surface area contributed by atoms with Crippen molar-refractivity contribution in [2.45, 2.75) is 26.2 Å². The van der Waals surface area contributed by atoms with Crippen LogP contribution in [0.2, 0.25) is 0 Å². The molecule has 0 unspecified atom stereocenters. The molecule has 0 spiro atoms. The second kappa shape index (κ2) is 5.30. The topological polar surface area (TPSA) is 85.6 Å². The molecule has 0 saturated carbocycles. The zero-order valence-electron chi connectivity index (χ0n) is 13.5. The fourth-order valence-electron chi connectivity index (χ4n) is 3.28. The molecule has 0 saturated heterocycles. The second-order valence-corrected chi connectivity index (χ2v) is 6.08. The first-order valence-corrected chi connectivity index (χ1v) is 7.90. The third kappa shape index (κ3) is 2.20. The number of benzene rings is 1. The Morgan fingerprint density at radius 3 is 2.88 bits per heavy atom. The van der Waals surface area contributed by atoms with Gasteiger partial charge in [-0.15, -0.1) is 0 Å². The summed E-state index contributed by atoms with van der Waals surface area (Å²) in [4.78, 5) is 30.6. The van der Waals surface area contributed by atoms with Crippen molar-refractivity contribution in [1.29, 1.82) is 0 Å².